The Bertz CT molecular complexity index is 300. The largest absolute Gasteiger partial charge is 0.170 e. The van der Waals surface area contributed by atoms with Gasteiger partial charge in [-0.2, -0.15) is 0 Å². The third-order valence-corrected chi connectivity index (χ3v) is 8.67. The van der Waals surface area contributed by atoms with Crippen molar-refractivity contribution in [1.29, 1.82) is 0 Å². The van der Waals surface area contributed by atoms with E-state index in [9.17, 15) is 0 Å². The van der Waals surface area contributed by atoms with Gasteiger partial charge in [0.05, 0.1) is 5.38 Å². The fourth-order valence-electron chi connectivity index (χ4n) is 1.19. The van der Waals surface area contributed by atoms with Crippen LogP contribution in [0.25, 0.3) is 0 Å². The Kier molecular flexibility index (Phi) is 10.5. The maximum Gasteiger partial charge on any atom is 0.170 e. The van der Waals surface area contributed by atoms with Crippen molar-refractivity contribution in [1.82, 2.24) is 0 Å². The summed E-state index contributed by atoms with van der Waals surface area (Å²) in [7, 11) is 0. The predicted octanol–water partition coefficient (Wildman–Crippen LogP) is 7.55. The molecule has 0 heterocycles. The maximum absolute atomic E-state index is 6.16. The van der Waals surface area contributed by atoms with Crippen LogP contribution in [-0.4, -0.2) is 34.5 Å². The van der Waals surface area contributed by atoms with Crippen LogP contribution in [0.2, 0.25) is 0 Å². The van der Waals surface area contributed by atoms with Crippen LogP contribution in [0.4, 0.5) is 0 Å². The Hall–Kier alpha value is 3.19. The summed E-state index contributed by atoms with van der Waals surface area (Å²) in [5.41, 5.74) is 0. The molecule has 0 aliphatic rings. The second kappa shape index (κ2) is 9.04. The van der Waals surface area contributed by atoms with E-state index in [-0.39, 0.29) is 6.42 Å². The molecule has 122 valence electrons. The van der Waals surface area contributed by atoms with Crippen LogP contribution in [0.1, 0.15) is 12.8 Å². The SMILES string of the molecule is ClCCCC(Cl)(Cl)C(Cl)(Cl)C(Cl)C(Cl)(Cl)C(Cl)C(Cl)Cl. The van der Waals surface area contributed by atoms with Crippen molar-refractivity contribution in [3.63, 3.8) is 0 Å². The van der Waals surface area contributed by atoms with Crippen molar-refractivity contribution in [2.45, 2.75) is 41.4 Å². The zero-order valence-corrected chi connectivity index (χ0v) is 17.8. The van der Waals surface area contributed by atoms with Gasteiger partial charge in [0, 0.05) is 5.88 Å². The first-order valence-corrected chi connectivity index (χ1v) is 9.62. The molecule has 0 fully saturated rings. The lowest BCUT2D eigenvalue weighted by atomic mass is 10.1. The third-order valence-electron chi connectivity index (χ3n) is 2.36. The molecule has 2 atom stereocenters. The highest BCUT2D eigenvalue weighted by Crippen LogP contribution is 2.56. The van der Waals surface area contributed by atoms with E-state index in [0.717, 1.165) is 0 Å². The highest BCUT2D eigenvalue weighted by Gasteiger charge is 2.60. The van der Waals surface area contributed by atoms with Gasteiger partial charge >= 0.3 is 0 Å². The molecule has 0 saturated heterocycles. The van der Waals surface area contributed by atoms with E-state index < -0.39 is 28.6 Å². The maximum atomic E-state index is 6.16. The van der Waals surface area contributed by atoms with Gasteiger partial charge < -0.3 is 0 Å². The quantitative estimate of drug-likeness (QED) is 0.298. The molecule has 20 heavy (non-hydrogen) atoms. The zero-order valence-electron chi connectivity index (χ0n) is 9.51. The van der Waals surface area contributed by atoms with E-state index in [1.807, 2.05) is 0 Å². The van der Waals surface area contributed by atoms with Gasteiger partial charge in [-0.05, 0) is 12.8 Å². The number of hydrogen-bond donors (Lipinski definition) is 0. The van der Waals surface area contributed by atoms with E-state index in [4.69, 9.17) is 128 Å². The van der Waals surface area contributed by atoms with Gasteiger partial charge in [-0.15, -0.1) is 58.0 Å². The molecule has 0 aliphatic carbocycles. The Morgan fingerprint density at radius 2 is 1.25 bits per heavy atom. The summed E-state index contributed by atoms with van der Waals surface area (Å²) in [4.78, 5) is -1.11. The molecule has 11 heteroatoms. The Balaban J connectivity index is 5.28. The first-order chi connectivity index (χ1) is 8.82. The van der Waals surface area contributed by atoms with Gasteiger partial charge in [0.2, 0.25) is 0 Å². The Labute approximate surface area is 173 Å². The molecule has 0 saturated carbocycles. The fourth-order valence-corrected chi connectivity index (χ4v) is 4.42. The van der Waals surface area contributed by atoms with Crippen LogP contribution in [0.5, 0.6) is 0 Å². The molecule has 0 aromatic heterocycles. The average molecular weight is 507 g/mol. The lowest BCUT2D eigenvalue weighted by Gasteiger charge is -2.42. The fraction of sp³-hybridized carbons (Fsp3) is 1.00. The summed E-state index contributed by atoms with van der Waals surface area (Å²) in [6.45, 7) is 0. The highest BCUT2D eigenvalue weighted by atomic mass is 35.5. The van der Waals surface area contributed by atoms with Crippen molar-refractivity contribution in [3.05, 3.63) is 0 Å². The van der Waals surface area contributed by atoms with Crippen LogP contribution < -0.4 is 0 Å². The van der Waals surface area contributed by atoms with Crippen molar-refractivity contribution < 1.29 is 0 Å². The average Bonchev–Trinajstić information content (AvgIpc) is 2.33. The summed E-state index contributed by atoms with van der Waals surface area (Å²) in [5, 5.41) is -2.53. The van der Waals surface area contributed by atoms with Crippen molar-refractivity contribution >= 4 is 128 Å². The van der Waals surface area contributed by atoms with Gasteiger partial charge in [-0.25, -0.2) is 0 Å². The van der Waals surface area contributed by atoms with Crippen LogP contribution in [0.3, 0.4) is 0 Å². The Morgan fingerprint density at radius 1 is 0.800 bits per heavy atom. The van der Waals surface area contributed by atoms with Crippen molar-refractivity contribution in [2.75, 3.05) is 5.88 Å². The van der Waals surface area contributed by atoms with E-state index in [0.29, 0.717) is 12.3 Å². The van der Waals surface area contributed by atoms with Gasteiger partial charge in [0.15, 0.2) is 13.0 Å². The minimum absolute atomic E-state index is 0.165. The lowest BCUT2D eigenvalue weighted by Crippen LogP contribution is -2.54. The zero-order chi connectivity index (χ0) is 16.4. The molecule has 0 amide bonds. The van der Waals surface area contributed by atoms with Crippen LogP contribution >= 0.6 is 128 Å². The third kappa shape index (κ3) is 5.62. The normalized spacial score (nSPS) is 17.4. The van der Waals surface area contributed by atoms with Gasteiger partial charge in [-0.1, -0.05) is 69.6 Å². The topological polar surface area (TPSA) is 0 Å². The summed E-state index contributed by atoms with van der Waals surface area (Å²) >= 11 is 65.6. The number of alkyl halides is 11. The molecule has 0 aliphatic heterocycles. The molecule has 0 rings (SSSR count). The molecule has 0 nitrogen and oxygen atoms in total. The molecule has 0 spiro atoms. The highest BCUT2D eigenvalue weighted by molar-refractivity contribution is 6.67. The first kappa shape index (κ1) is 23.2. The molecular formula is C9H9Cl11. The molecule has 0 aromatic carbocycles. The van der Waals surface area contributed by atoms with Gasteiger partial charge in [0.25, 0.3) is 0 Å². The van der Waals surface area contributed by atoms with Crippen molar-refractivity contribution in [2.24, 2.45) is 0 Å². The molecule has 0 N–H and O–H groups in total. The van der Waals surface area contributed by atoms with E-state index >= 15 is 0 Å². The minimum atomic E-state index is -1.93. The van der Waals surface area contributed by atoms with Gasteiger partial charge in [-0.3, -0.25) is 0 Å². The number of rotatable bonds is 8. The minimum Gasteiger partial charge on any atom is -0.127 e. The van der Waals surface area contributed by atoms with E-state index in [1.165, 1.54) is 0 Å². The smallest absolute Gasteiger partial charge is 0.127 e. The molecule has 0 radical (unpaired) electrons. The van der Waals surface area contributed by atoms with E-state index in [1.54, 1.807) is 0 Å². The standard InChI is InChI=1S/C9H9Cl11/c10-3-1-2-7(15,16)9(19,20)6(14)8(17,18)4(11)5(12)13/h4-6H,1-3H2. The molecular weight excluding hydrogens is 498 g/mol. The van der Waals surface area contributed by atoms with Gasteiger partial charge in [0.1, 0.15) is 10.2 Å². The Morgan fingerprint density at radius 3 is 1.60 bits per heavy atom. The van der Waals surface area contributed by atoms with Crippen LogP contribution in [-0.2, 0) is 0 Å². The summed E-state index contributed by atoms with van der Waals surface area (Å²) in [6, 6.07) is 0. The number of halogens is 11. The number of hydrogen-bond acceptors (Lipinski definition) is 0. The lowest BCUT2D eigenvalue weighted by molar-refractivity contribution is 0.531. The van der Waals surface area contributed by atoms with E-state index in [2.05, 4.69) is 0 Å². The summed E-state index contributed by atoms with van der Waals surface area (Å²) < 4.78 is -5.46. The summed E-state index contributed by atoms with van der Waals surface area (Å²) in [6.07, 6.45) is 0.618. The second-order valence-corrected chi connectivity index (χ2v) is 10.7. The van der Waals surface area contributed by atoms with Crippen molar-refractivity contribution in [3.8, 4) is 0 Å². The molecule has 0 aromatic rings. The first-order valence-electron chi connectivity index (χ1n) is 5.08. The molecule has 0 bridgehead atoms. The summed E-state index contributed by atoms with van der Waals surface area (Å²) in [5.74, 6) is 0.314. The second-order valence-electron chi connectivity index (χ2n) is 3.89. The van der Waals surface area contributed by atoms with Crippen LogP contribution in [0, 0.1) is 0 Å². The monoisotopic (exact) mass is 502 g/mol. The molecule has 2 unspecified atom stereocenters. The van der Waals surface area contributed by atoms with Crippen LogP contribution in [0.15, 0.2) is 0 Å². The predicted molar refractivity (Wildman–Crippen MR) is 98.0 cm³/mol.